The molecule has 1 heterocycles. The van der Waals surface area contributed by atoms with Crippen LogP contribution in [0.15, 0.2) is 48.5 Å². The zero-order valence-electron chi connectivity index (χ0n) is 16.7. The number of nitrogens with zero attached hydrogens (tertiary/aromatic N) is 3. The Morgan fingerprint density at radius 2 is 1.79 bits per heavy atom. The second kappa shape index (κ2) is 8.24. The van der Waals surface area contributed by atoms with E-state index in [9.17, 15) is 8.42 Å². The van der Waals surface area contributed by atoms with Crippen molar-refractivity contribution in [3.05, 3.63) is 76.9 Å². The fourth-order valence-electron chi connectivity index (χ4n) is 3.25. The average molecular weight is 399 g/mol. The highest BCUT2D eigenvalue weighted by Crippen LogP contribution is 2.21. The predicted molar refractivity (Wildman–Crippen MR) is 111 cm³/mol. The van der Waals surface area contributed by atoms with Crippen LogP contribution in [0, 0.1) is 13.8 Å². The van der Waals surface area contributed by atoms with Crippen molar-refractivity contribution in [1.82, 2.24) is 19.5 Å². The molecule has 0 spiro atoms. The molecule has 0 saturated carbocycles. The van der Waals surface area contributed by atoms with Crippen molar-refractivity contribution >= 4 is 10.0 Å². The van der Waals surface area contributed by atoms with Crippen LogP contribution in [0.5, 0.6) is 0 Å². The summed E-state index contributed by atoms with van der Waals surface area (Å²) in [6, 6.07) is 15.8. The average Bonchev–Trinajstić information content (AvgIpc) is 3.04. The molecule has 0 fully saturated rings. The SMILES string of the molecule is Cc1ccc(-n2nc(CCc3ccccc3)nc2[C@@H](C)NS(C)(=O)=O)c(C)c1. The quantitative estimate of drug-likeness (QED) is 0.663. The van der Waals surface area contributed by atoms with E-state index in [1.165, 1.54) is 5.56 Å². The van der Waals surface area contributed by atoms with Gasteiger partial charge in [-0.25, -0.2) is 22.8 Å². The zero-order chi connectivity index (χ0) is 20.3. The van der Waals surface area contributed by atoms with Crippen LogP contribution in [-0.2, 0) is 22.9 Å². The van der Waals surface area contributed by atoms with Crippen LogP contribution in [0.4, 0.5) is 0 Å². The third kappa shape index (κ3) is 5.05. The molecule has 3 rings (SSSR count). The Bertz CT molecular complexity index is 1060. The third-order valence-corrected chi connectivity index (χ3v) is 5.30. The van der Waals surface area contributed by atoms with Gasteiger partial charge in [0.25, 0.3) is 0 Å². The molecule has 0 aliphatic heterocycles. The molecule has 148 valence electrons. The molecule has 7 heteroatoms. The van der Waals surface area contributed by atoms with Crippen molar-refractivity contribution in [2.45, 2.75) is 39.7 Å². The molecule has 2 aromatic carbocycles. The van der Waals surface area contributed by atoms with Crippen LogP contribution in [0.2, 0.25) is 0 Å². The fourth-order valence-corrected chi connectivity index (χ4v) is 4.00. The number of rotatable bonds is 7. The molecule has 6 nitrogen and oxygen atoms in total. The van der Waals surface area contributed by atoms with E-state index in [1.807, 2.05) is 44.2 Å². The molecular formula is C21H26N4O2S. The van der Waals surface area contributed by atoms with E-state index >= 15 is 0 Å². The molecule has 0 amide bonds. The molecular weight excluding hydrogens is 372 g/mol. The van der Waals surface area contributed by atoms with Crippen molar-refractivity contribution < 1.29 is 8.42 Å². The number of nitrogens with one attached hydrogen (secondary N) is 1. The Kier molecular flexibility index (Phi) is 5.96. The van der Waals surface area contributed by atoms with Gasteiger partial charge in [0, 0.05) is 6.42 Å². The molecule has 0 aliphatic rings. The van der Waals surface area contributed by atoms with Crippen molar-refractivity contribution in [2.75, 3.05) is 6.26 Å². The lowest BCUT2D eigenvalue weighted by Gasteiger charge is -2.14. The Morgan fingerprint density at radius 3 is 2.43 bits per heavy atom. The number of sulfonamides is 1. The Labute approximate surface area is 166 Å². The van der Waals surface area contributed by atoms with Crippen LogP contribution in [0.25, 0.3) is 5.69 Å². The van der Waals surface area contributed by atoms with Crippen LogP contribution in [0.3, 0.4) is 0 Å². The standard InChI is InChI=1S/C21H26N4O2S/c1-15-10-12-19(16(2)14-15)25-21(17(3)24-28(4,26)27)22-20(23-25)13-11-18-8-6-5-7-9-18/h5-10,12,14,17,24H,11,13H2,1-4H3/t17-/m1/s1. The molecule has 1 atom stereocenters. The van der Waals surface area contributed by atoms with Gasteiger partial charge in [-0.2, -0.15) is 5.10 Å². The largest absolute Gasteiger partial charge is 0.216 e. The Balaban J connectivity index is 1.96. The molecule has 0 unspecified atom stereocenters. The van der Waals surface area contributed by atoms with Gasteiger partial charge in [-0.05, 0) is 44.4 Å². The predicted octanol–water partition coefficient (Wildman–Crippen LogP) is 3.28. The third-order valence-electron chi connectivity index (χ3n) is 4.51. The van der Waals surface area contributed by atoms with Gasteiger partial charge >= 0.3 is 0 Å². The van der Waals surface area contributed by atoms with Gasteiger partial charge in [0.2, 0.25) is 10.0 Å². The molecule has 0 aliphatic carbocycles. The summed E-state index contributed by atoms with van der Waals surface area (Å²) in [7, 11) is -3.36. The summed E-state index contributed by atoms with van der Waals surface area (Å²) in [6.45, 7) is 5.84. The summed E-state index contributed by atoms with van der Waals surface area (Å²) in [5, 5.41) is 4.71. The molecule has 3 aromatic rings. The van der Waals surface area contributed by atoms with Crippen LogP contribution < -0.4 is 4.72 Å². The number of hydrogen-bond acceptors (Lipinski definition) is 4. The highest BCUT2D eigenvalue weighted by Gasteiger charge is 2.21. The summed E-state index contributed by atoms with van der Waals surface area (Å²) < 4.78 is 27.8. The smallest absolute Gasteiger partial charge is 0.209 e. The van der Waals surface area contributed by atoms with Crippen molar-refractivity contribution in [1.29, 1.82) is 0 Å². The lowest BCUT2D eigenvalue weighted by atomic mass is 10.1. The highest BCUT2D eigenvalue weighted by atomic mass is 32.2. The molecule has 28 heavy (non-hydrogen) atoms. The van der Waals surface area contributed by atoms with Gasteiger partial charge in [-0.1, -0.05) is 48.0 Å². The van der Waals surface area contributed by atoms with Gasteiger partial charge in [0.05, 0.1) is 18.0 Å². The zero-order valence-corrected chi connectivity index (χ0v) is 17.5. The maximum absolute atomic E-state index is 11.7. The summed E-state index contributed by atoms with van der Waals surface area (Å²) in [5.41, 5.74) is 4.34. The second-order valence-electron chi connectivity index (χ2n) is 7.19. The summed E-state index contributed by atoms with van der Waals surface area (Å²) >= 11 is 0. The van der Waals surface area contributed by atoms with Gasteiger partial charge in [-0.15, -0.1) is 0 Å². The van der Waals surface area contributed by atoms with Crippen molar-refractivity contribution in [3.63, 3.8) is 0 Å². The number of aryl methyl sites for hydroxylation is 4. The first kappa shape index (κ1) is 20.2. The van der Waals surface area contributed by atoms with Gasteiger partial charge in [-0.3, -0.25) is 0 Å². The van der Waals surface area contributed by atoms with E-state index < -0.39 is 16.1 Å². The van der Waals surface area contributed by atoms with E-state index in [4.69, 9.17) is 5.10 Å². The summed E-state index contributed by atoms with van der Waals surface area (Å²) in [4.78, 5) is 4.67. The first-order valence-corrected chi connectivity index (χ1v) is 11.2. The maximum atomic E-state index is 11.7. The van der Waals surface area contributed by atoms with Crippen molar-refractivity contribution in [2.24, 2.45) is 0 Å². The highest BCUT2D eigenvalue weighted by molar-refractivity contribution is 7.88. The van der Waals surface area contributed by atoms with E-state index in [1.54, 1.807) is 11.6 Å². The van der Waals surface area contributed by atoms with E-state index in [0.29, 0.717) is 18.1 Å². The minimum absolute atomic E-state index is 0.492. The molecule has 0 bridgehead atoms. The molecule has 0 saturated heterocycles. The fraction of sp³-hybridized carbons (Fsp3) is 0.333. The lowest BCUT2D eigenvalue weighted by Crippen LogP contribution is -2.27. The van der Waals surface area contributed by atoms with E-state index in [0.717, 1.165) is 29.5 Å². The van der Waals surface area contributed by atoms with Gasteiger partial charge in [0.1, 0.15) is 5.82 Å². The minimum Gasteiger partial charge on any atom is -0.216 e. The second-order valence-corrected chi connectivity index (χ2v) is 8.97. The first-order chi connectivity index (χ1) is 13.2. The maximum Gasteiger partial charge on any atom is 0.209 e. The van der Waals surface area contributed by atoms with Crippen molar-refractivity contribution in [3.8, 4) is 5.69 Å². The lowest BCUT2D eigenvalue weighted by molar-refractivity contribution is 0.560. The molecule has 1 N–H and O–H groups in total. The summed E-state index contributed by atoms with van der Waals surface area (Å²) in [5.74, 6) is 1.28. The number of benzene rings is 2. The normalized spacial score (nSPS) is 12.9. The Hall–Kier alpha value is -2.51. The Morgan fingerprint density at radius 1 is 1.07 bits per heavy atom. The minimum atomic E-state index is -3.36. The van der Waals surface area contributed by atoms with Crippen LogP contribution in [0.1, 0.15) is 41.3 Å². The number of hydrogen-bond donors (Lipinski definition) is 1. The first-order valence-electron chi connectivity index (χ1n) is 9.27. The van der Waals surface area contributed by atoms with E-state index in [-0.39, 0.29) is 0 Å². The van der Waals surface area contributed by atoms with Gasteiger partial charge in [0.15, 0.2) is 5.82 Å². The molecule has 1 aromatic heterocycles. The monoisotopic (exact) mass is 398 g/mol. The van der Waals surface area contributed by atoms with E-state index in [2.05, 4.69) is 27.9 Å². The summed E-state index contributed by atoms with van der Waals surface area (Å²) in [6.07, 6.45) is 2.66. The van der Waals surface area contributed by atoms with Crippen LogP contribution in [-0.4, -0.2) is 29.4 Å². The topological polar surface area (TPSA) is 76.9 Å². The molecule has 0 radical (unpaired) electrons. The number of aromatic nitrogens is 3. The van der Waals surface area contributed by atoms with Crippen LogP contribution >= 0.6 is 0 Å². The van der Waals surface area contributed by atoms with Gasteiger partial charge < -0.3 is 0 Å².